The van der Waals surface area contributed by atoms with Crippen LogP contribution in [0.15, 0.2) is 84.7 Å². The SMILES string of the molecule is C=C(Nc1ccc2c(c1)c(C)cn2C)c1cc(CC)c(O)cc1O.CCC.CN.COc1ccc(N(C)/C(=N\NC=S)c2cc(C(C)C)c(O)cc2O)c2ccn(C(C)C)c12. The number of aryl methyl sites for hydroxylation is 3. The molecule has 8 N–H and O–H groups in total. The van der Waals surface area contributed by atoms with E-state index in [1.807, 2.05) is 70.2 Å². The lowest BCUT2D eigenvalue weighted by molar-refractivity contribution is 0.416. The lowest BCUT2D eigenvalue weighted by Crippen LogP contribution is -2.30. The molecule has 0 amide bonds. The number of anilines is 2. The number of fused-ring (bicyclic) bond motifs is 2. The quantitative estimate of drug-likeness (QED) is 0.0289. The molecular weight excluding hydrogens is 787 g/mol. The number of hydrazone groups is 1. The molecule has 2 aromatic heterocycles. The predicted octanol–water partition coefficient (Wildman–Crippen LogP) is 10.6. The Kier molecular flexibility index (Phi) is 18.1. The Morgan fingerprint density at radius 1 is 0.902 bits per heavy atom. The first-order valence-corrected chi connectivity index (χ1v) is 20.9. The van der Waals surface area contributed by atoms with Crippen molar-refractivity contribution in [2.75, 3.05) is 31.4 Å². The Bertz CT molecular complexity index is 2470. The molecule has 6 aromatic rings. The molecule has 0 spiro atoms. The highest BCUT2D eigenvalue weighted by Gasteiger charge is 2.23. The summed E-state index contributed by atoms with van der Waals surface area (Å²) in [5.74, 6) is 1.38. The highest BCUT2D eigenvalue weighted by atomic mass is 32.1. The van der Waals surface area contributed by atoms with Gasteiger partial charge in [-0.15, -0.1) is 0 Å². The number of aromatic hydroxyl groups is 4. The second-order valence-corrected chi connectivity index (χ2v) is 15.2. The van der Waals surface area contributed by atoms with Gasteiger partial charge in [0.05, 0.1) is 29.4 Å². The predicted molar refractivity (Wildman–Crippen MR) is 260 cm³/mol. The molecule has 13 heteroatoms. The first-order chi connectivity index (χ1) is 29.0. The van der Waals surface area contributed by atoms with Crippen LogP contribution in [-0.2, 0) is 13.5 Å². The van der Waals surface area contributed by atoms with Gasteiger partial charge in [-0.2, -0.15) is 5.10 Å². The van der Waals surface area contributed by atoms with Gasteiger partial charge in [-0.05, 0) is 105 Å². The molecule has 6 rings (SSSR count). The number of ether oxygens (including phenoxy) is 1. The number of nitrogens with one attached hydrogen (secondary N) is 2. The number of nitrogens with two attached hydrogens (primary N) is 1. The van der Waals surface area contributed by atoms with E-state index in [-0.39, 0.29) is 35.0 Å². The zero-order chi connectivity index (χ0) is 45.7. The standard InChI is InChI=1S/C24H30N4O3S.C20H22N2O2.C3H8.CH5N/c1-14(2)17-11-18(21(30)12-20(17)29)24(26-25-13-32)27(5)19-7-8-22(31-6)23-16(19)9-10-28(23)15(3)4;1-5-14-8-17(20(24)10-19(14)23)13(3)21-15-6-7-18-16(9-15)12(2)11-22(18)4;1-3-2;1-2/h7-15,29-30H,1-6H3,(H,25,32);6-11,21,23-24H,3,5H2,1-2,4H3;3H2,1-2H3;2H2,1H3/b26-24-;;;. The van der Waals surface area contributed by atoms with Gasteiger partial charge < -0.3 is 50.2 Å². The molecule has 0 bridgehead atoms. The highest BCUT2D eigenvalue weighted by Crippen LogP contribution is 2.39. The summed E-state index contributed by atoms with van der Waals surface area (Å²) < 4.78 is 9.89. The van der Waals surface area contributed by atoms with Crippen molar-refractivity contribution in [2.45, 2.75) is 80.2 Å². The largest absolute Gasteiger partial charge is 0.508 e. The van der Waals surface area contributed by atoms with Crippen molar-refractivity contribution >= 4 is 62.4 Å². The highest BCUT2D eigenvalue weighted by molar-refractivity contribution is 7.78. The normalized spacial score (nSPS) is 11.0. The topological polar surface area (TPSA) is 166 Å². The van der Waals surface area contributed by atoms with E-state index in [0.717, 1.165) is 33.6 Å². The van der Waals surface area contributed by atoms with Crippen LogP contribution >= 0.6 is 12.2 Å². The van der Waals surface area contributed by atoms with Crippen LogP contribution in [-0.4, -0.2) is 62.1 Å². The second-order valence-electron chi connectivity index (χ2n) is 15.0. The molecule has 0 saturated carbocycles. The van der Waals surface area contributed by atoms with E-state index in [2.05, 4.69) is 90.2 Å². The first-order valence-electron chi connectivity index (χ1n) is 20.4. The van der Waals surface area contributed by atoms with Gasteiger partial charge >= 0.3 is 0 Å². The monoisotopic (exact) mass is 851 g/mol. The summed E-state index contributed by atoms with van der Waals surface area (Å²) in [7, 11) is 7.06. The van der Waals surface area contributed by atoms with Gasteiger partial charge in [0, 0.05) is 77.9 Å². The molecule has 0 radical (unpaired) electrons. The maximum absolute atomic E-state index is 10.7. The van der Waals surface area contributed by atoms with Crippen molar-refractivity contribution in [2.24, 2.45) is 17.9 Å². The van der Waals surface area contributed by atoms with E-state index in [1.54, 1.807) is 19.2 Å². The Balaban J connectivity index is 0.000000303. The van der Waals surface area contributed by atoms with Crippen molar-refractivity contribution in [1.82, 2.24) is 14.6 Å². The summed E-state index contributed by atoms with van der Waals surface area (Å²) in [5, 5.41) is 50.7. The van der Waals surface area contributed by atoms with Gasteiger partial charge in [-0.3, -0.25) is 5.43 Å². The van der Waals surface area contributed by atoms with Crippen LogP contribution in [0.4, 0.5) is 11.4 Å². The smallest absolute Gasteiger partial charge is 0.164 e. The van der Waals surface area contributed by atoms with Crippen LogP contribution < -0.4 is 26.1 Å². The van der Waals surface area contributed by atoms with Crippen LogP contribution in [0.2, 0.25) is 0 Å². The molecule has 0 fully saturated rings. The zero-order valence-corrected chi connectivity index (χ0v) is 38.6. The molecule has 61 heavy (non-hydrogen) atoms. The van der Waals surface area contributed by atoms with Crippen LogP contribution in [0.5, 0.6) is 28.7 Å². The Morgan fingerprint density at radius 3 is 2.13 bits per heavy atom. The fourth-order valence-corrected chi connectivity index (χ4v) is 6.99. The van der Waals surface area contributed by atoms with Crippen LogP contribution in [0, 0.1) is 6.92 Å². The minimum Gasteiger partial charge on any atom is -0.508 e. The average molecular weight is 852 g/mol. The number of nitrogens with zero attached hydrogens (tertiary/aromatic N) is 4. The number of amidine groups is 1. The fraction of sp³-hybridized carbons (Fsp3) is 0.333. The van der Waals surface area contributed by atoms with Crippen molar-refractivity contribution in [3.63, 3.8) is 0 Å². The molecule has 4 aromatic carbocycles. The number of phenols is 4. The van der Waals surface area contributed by atoms with E-state index < -0.39 is 0 Å². The van der Waals surface area contributed by atoms with Crippen molar-refractivity contribution < 1.29 is 25.2 Å². The number of thiocarbonyl (C=S) groups is 1. The number of methoxy groups -OCH3 is 1. The molecule has 0 aliphatic heterocycles. The molecule has 0 aliphatic rings. The average Bonchev–Trinajstić information content (AvgIpc) is 3.80. The van der Waals surface area contributed by atoms with Gasteiger partial charge in [0.15, 0.2) is 5.84 Å². The van der Waals surface area contributed by atoms with Gasteiger partial charge in [0.2, 0.25) is 0 Å². The Morgan fingerprint density at radius 2 is 1.54 bits per heavy atom. The van der Waals surface area contributed by atoms with Gasteiger partial charge in [-0.25, -0.2) is 0 Å². The summed E-state index contributed by atoms with van der Waals surface area (Å²) in [6, 6.07) is 18.6. The summed E-state index contributed by atoms with van der Waals surface area (Å²) in [6.07, 6.45) is 6.07. The summed E-state index contributed by atoms with van der Waals surface area (Å²) in [5.41, 5.74) is 16.8. The third-order valence-corrected chi connectivity index (χ3v) is 10.00. The molecular formula is C48H65N7O5S. The van der Waals surface area contributed by atoms with Gasteiger partial charge in [0.1, 0.15) is 28.7 Å². The number of rotatable bonds is 11. The minimum atomic E-state index is -0.0758. The maximum atomic E-state index is 10.7. The van der Waals surface area contributed by atoms with E-state index in [0.29, 0.717) is 34.6 Å². The van der Waals surface area contributed by atoms with E-state index >= 15 is 0 Å². The van der Waals surface area contributed by atoms with Crippen LogP contribution in [0.1, 0.15) is 94.7 Å². The summed E-state index contributed by atoms with van der Waals surface area (Å²) in [4.78, 5) is 1.88. The van der Waals surface area contributed by atoms with E-state index in [9.17, 15) is 20.4 Å². The fourth-order valence-electron chi connectivity index (χ4n) is 6.93. The number of hydrogen-bond acceptors (Lipinski definition) is 9. The third-order valence-electron chi connectivity index (χ3n) is 9.89. The van der Waals surface area contributed by atoms with Crippen molar-refractivity contribution in [1.29, 1.82) is 0 Å². The van der Waals surface area contributed by atoms with Crippen molar-refractivity contribution in [3.8, 4) is 28.7 Å². The number of aromatic nitrogens is 2. The van der Waals surface area contributed by atoms with E-state index in [1.165, 1.54) is 47.6 Å². The molecule has 0 unspecified atom stereocenters. The molecule has 0 aliphatic carbocycles. The lowest BCUT2D eigenvalue weighted by Gasteiger charge is -2.25. The summed E-state index contributed by atoms with van der Waals surface area (Å²) in [6.45, 7) is 20.5. The number of phenolic OH excluding ortho intramolecular Hbond substituents is 4. The first kappa shape index (κ1) is 49.2. The van der Waals surface area contributed by atoms with Gasteiger partial charge in [0.25, 0.3) is 0 Å². The molecule has 12 nitrogen and oxygen atoms in total. The second kappa shape index (κ2) is 22.4. The molecule has 328 valence electrons. The Hall–Kier alpha value is -6.18. The van der Waals surface area contributed by atoms with Crippen LogP contribution in [0.3, 0.4) is 0 Å². The van der Waals surface area contributed by atoms with Gasteiger partial charge in [-0.1, -0.05) is 59.8 Å². The Labute approximate surface area is 366 Å². The lowest BCUT2D eigenvalue weighted by atomic mass is 9.98. The number of benzene rings is 4. The number of hydrogen-bond donors (Lipinski definition) is 7. The van der Waals surface area contributed by atoms with Crippen LogP contribution in [0.25, 0.3) is 27.5 Å². The third kappa shape index (κ3) is 11.4. The summed E-state index contributed by atoms with van der Waals surface area (Å²) >= 11 is 4.90. The van der Waals surface area contributed by atoms with Crippen molar-refractivity contribution in [3.05, 3.63) is 107 Å². The molecule has 2 heterocycles. The minimum absolute atomic E-state index is 0.0131. The molecule has 0 saturated heterocycles. The molecule has 0 atom stereocenters. The zero-order valence-electron chi connectivity index (χ0n) is 37.8. The van der Waals surface area contributed by atoms with E-state index in [4.69, 9.17) is 17.0 Å². The maximum Gasteiger partial charge on any atom is 0.164 e.